The zero-order valence-corrected chi connectivity index (χ0v) is 20.7. The molecule has 0 bridgehead atoms. The minimum atomic E-state index is -4.38. The van der Waals surface area contributed by atoms with Gasteiger partial charge in [0.05, 0.1) is 5.56 Å². The van der Waals surface area contributed by atoms with E-state index in [9.17, 15) is 22.8 Å². The third-order valence-electron chi connectivity index (χ3n) is 8.18. The number of aromatic nitrogens is 2. The highest BCUT2D eigenvalue weighted by Gasteiger charge is 2.44. The summed E-state index contributed by atoms with van der Waals surface area (Å²) in [5.74, 6) is -1.18. The Kier molecular flexibility index (Phi) is 6.91. The first-order valence-corrected chi connectivity index (χ1v) is 12.9. The molecule has 0 radical (unpaired) electrons. The van der Waals surface area contributed by atoms with Gasteiger partial charge in [0.1, 0.15) is 0 Å². The zero-order chi connectivity index (χ0) is 26.2. The van der Waals surface area contributed by atoms with Crippen molar-refractivity contribution in [3.8, 4) is 0 Å². The van der Waals surface area contributed by atoms with Crippen LogP contribution in [0.3, 0.4) is 0 Å². The Labute approximate surface area is 213 Å². The second-order valence-corrected chi connectivity index (χ2v) is 10.4. The van der Waals surface area contributed by atoms with E-state index in [0.29, 0.717) is 25.3 Å². The van der Waals surface area contributed by atoms with Crippen LogP contribution < -0.4 is 4.90 Å². The fourth-order valence-corrected chi connectivity index (χ4v) is 6.12. The smallest absolute Gasteiger partial charge is 0.416 e. The number of alkyl halides is 3. The van der Waals surface area contributed by atoms with E-state index < -0.39 is 17.7 Å². The SMILES string of the molecule is O=C(O)c1ccn(C(=O)N2CCC3(CCCN3Cc3ccc(C(F)(F)F)cc3N3CCCCC3)CC2)n1. The summed E-state index contributed by atoms with van der Waals surface area (Å²) in [6.07, 6.45) is 3.56. The van der Waals surface area contributed by atoms with Gasteiger partial charge in [-0.2, -0.15) is 23.0 Å². The van der Waals surface area contributed by atoms with Crippen molar-refractivity contribution in [3.63, 3.8) is 0 Å². The van der Waals surface area contributed by atoms with Crippen molar-refractivity contribution in [1.29, 1.82) is 0 Å². The average molecular weight is 520 g/mol. The van der Waals surface area contributed by atoms with Crippen molar-refractivity contribution < 1.29 is 27.9 Å². The largest absolute Gasteiger partial charge is 0.476 e. The maximum Gasteiger partial charge on any atom is 0.416 e. The first-order valence-electron chi connectivity index (χ1n) is 12.9. The van der Waals surface area contributed by atoms with Gasteiger partial charge in [-0.25, -0.2) is 9.59 Å². The van der Waals surface area contributed by atoms with Crippen molar-refractivity contribution in [2.45, 2.75) is 63.2 Å². The monoisotopic (exact) mass is 519 g/mol. The zero-order valence-electron chi connectivity index (χ0n) is 20.7. The number of amides is 1. The Morgan fingerprint density at radius 1 is 0.946 bits per heavy atom. The number of carbonyl (C=O) groups excluding carboxylic acids is 1. The third-order valence-corrected chi connectivity index (χ3v) is 8.18. The van der Waals surface area contributed by atoms with E-state index in [1.165, 1.54) is 24.4 Å². The lowest BCUT2D eigenvalue weighted by Crippen LogP contribution is -2.53. The molecule has 1 spiro atoms. The van der Waals surface area contributed by atoms with E-state index in [-0.39, 0.29) is 17.3 Å². The summed E-state index contributed by atoms with van der Waals surface area (Å²) in [6, 6.07) is 5.12. The van der Waals surface area contributed by atoms with Crippen LogP contribution in [0.5, 0.6) is 0 Å². The highest BCUT2D eigenvalue weighted by Crippen LogP contribution is 2.41. The molecule has 0 aliphatic carbocycles. The Hall–Kier alpha value is -3.08. The third kappa shape index (κ3) is 5.18. The van der Waals surface area contributed by atoms with Gasteiger partial charge in [-0.3, -0.25) is 4.90 Å². The van der Waals surface area contributed by atoms with Crippen molar-refractivity contribution in [2.75, 3.05) is 37.6 Å². The summed E-state index contributed by atoms with van der Waals surface area (Å²) >= 11 is 0. The Bertz CT molecular complexity index is 1150. The number of anilines is 1. The number of carboxylic acid groups (broad SMARTS) is 1. The lowest BCUT2D eigenvalue weighted by atomic mass is 9.84. The van der Waals surface area contributed by atoms with Crippen LogP contribution in [0, 0.1) is 0 Å². The Balaban J connectivity index is 1.31. The van der Waals surface area contributed by atoms with E-state index >= 15 is 0 Å². The van der Waals surface area contributed by atoms with Crippen LogP contribution in [-0.2, 0) is 12.7 Å². The van der Waals surface area contributed by atoms with E-state index in [4.69, 9.17) is 5.11 Å². The number of piperidine rings is 2. The molecule has 5 rings (SSSR count). The summed E-state index contributed by atoms with van der Waals surface area (Å²) in [5, 5.41) is 12.9. The van der Waals surface area contributed by atoms with E-state index in [2.05, 4.69) is 14.9 Å². The molecule has 2 aromatic rings. The predicted molar refractivity (Wildman–Crippen MR) is 131 cm³/mol. The van der Waals surface area contributed by atoms with Crippen LogP contribution in [0.1, 0.15) is 66.6 Å². The molecule has 11 heteroatoms. The molecule has 0 unspecified atom stereocenters. The van der Waals surface area contributed by atoms with Crippen molar-refractivity contribution in [2.24, 2.45) is 0 Å². The van der Waals surface area contributed by atoms with Gasteiger partial charge in [-0.15, -0.1) is 0 Å². The topological polar surface area (TPSA) is 81.9 Å². The number of carbonyl (C=O) groups is 2. The average Bonchev–Trinajstić information content (AvgIpc) is 3.53. The normalized spacial score (nSPS) is 20.5. The highest BCUT2D eigenvalue weighted by molar-refractivity contribution is 5.86. The van der Waals surface area contributed by atoms with Crippen molar-refractivity contribution in [3.05, 3.63) is 47.3 Å². The summed E-state index contributed by atoms with van der Waals surface area (Å²) in [6.45, 7) is 4.03. The van der Waals surface area contributed by atoms with Gasteiger partial charge in [-0.05, 0) is 75.3 Å². The van der Waals surface area contributed by atoms with Gasteiger partial charge in [-0.1, -0.05) is 6.07 Å². The number of aromatic carboxylic acids is 1. The molecule has 0 atom stereocenters. The number of likely N-dealkylation sites (tertiary alicyclic amines) is 2. The summed E-state index contributed by atoms with van der Waals surface area (Å²) in [7, 11) is 0. The van der Waals surface area contributed by atoms with Gasteiger partial charge in [0, 0.05) is 50.1 Å². The van der Waals surface area contributed by atoms with Crippen molar-refractivity contribution >= 4 is 17.7 Å². The van der Waals surface area contributed by atoms with E-state index in [1.807, 2.05) is 0 Å². The van der Waals surface area contributed by atoms with Gasteiger partial charge in [0.15, 0.2) is 5.69 Å². The van der Waals surface area contributed by atoms with E-state index in [0.717, 1.165) is 74.8 Å². The van der Waals surface area contributed by atoms with Gasteiger partial charge in [0.2, 0.25) is 0 Å². The number of carboxylic acids is 1. The fraction of sp³-hybridized carbons (Fsp3) is 0.577. The first kappa shape index (κ1) is 25.6. The lowest BCUT2D eigenvalue weighted by molar-refractivity contribution is -0.137. The molecule has 3 fully saturated rings. The summed E-state index contributed by atoms with van der Waals surface area (Å²) < 4.78 is 41.6. The molecule has 1 N–H and O–H groups in total. The molecule has 1 amide bonds. The summed E-state index contributed by atoms with van der Waals surface area (Å²) in [4.78, 5) is 30.2. The molecule has 8 nitrogen and oxygen atoms in total. The first-order chi connectivity index (χ1) is 17.7. The van der Waals surface area contributed by atoms with Gasteiger partial charge in [0.25, 0.3) is 0 Å². The summed E-state index contributed by atoms with van der Waals surface area (Å²) in [5.41, 5.74) is 0.730. The van der Waals surface area contributed by atoms with Crippen LogP contribution >= 0.6 is 0 Å². The molecule has 4 heterocycles. The Morgan fingerprint density at radius 3 is 2.32 bits per heavy atom. The molecular weight excluding hydrogens is 487 g/mol. The van der Waals surface area contributed by atoms with Crippen molar-refractivity contribution in [1.82, 2.24) is 19.6 Å². The van der Waals surface area contributed by atoms with Gasteiger partial charge >= 0.3 is 18.2 Å². The molecule has 0 saturated carbocycles. The van der Waals surface area contributed by atoms with E-state index in [1.54, 1.807) is 11.0 Å². The molecule has 1 aromatic carbocycles. The number of rotatable bonds is 4. The molecule has 3 saturated heterocycles. The number of nitrogens with zero attached hydrogens (tertiary/aromatic N) is 5. The molecule has 3 aliphatic heterocycles. The van der Waals surface area contributed by atoms with Crippen LogP contribution in [0.25, 0.3) is 0 Å². The predicted octanol–water partition coefficient (Wildman–Crippen LogP) is 4.69. The second-order valence-electron chi connectivity index (χ2n) is 10.4. The standard InChI is InChI=1S/C26H32F3N5O3/c27-26(28,29)20-6-5-19(22(17-20)31-11-2-1-3-12-31)18-33-13-4-8-25(33)9-15-32(16-10-25)24(37)34-14-7-21(30-34)23(35)36/h5-7,14,17H,1-4,8-13,15-16,18H2,(H,35,36). The minimum absolute atomic E-state index is 0.102. The molecule has 37 heavy (non-hydrogen) atoms. The van der Waals surface area contributed by atoms with Crippen LogP contribution in [0.2, 0.25) is 0 Å². The van der Waals surface area contributed by atoms with Gasteiger partial charge < -0.3 is 14.9 Å². The molecular formula is C26H32F3N5O3. The maximum atomic E-state index is 13.5. The molecule has 200 valence electrons. The molecule has 1 aromatic heterocycles. The number of benzene rings is 1. The minimum Gasteiger partial charge on any atom is -0.476 e. The highest BCUT2D eigenvalue weighted by atomic mass is 19.4. The number of halogens is 3. The fourth-order valence-electron chi connectivity index (χ4n) is 6.12. The lowest BCUT2D eigenvalue weighted by Gasteiger charge is -2.45. The second kappa shape index (κ2) is 10.00. The van der Waals surface area contributed by atoms with Crippen LogP contribution in [0.15, 0.2) is 30.5 Å². The van der Waals surface area contributed by atoms with Crippen LogP contribution in [-0.4, -0.2) is 74.9 Å². The number of hydrogen-bond donors (Lipinski definition) is 1. The van der Waals surface area contributed by atoms with Crippen LogP contribution in [0.4, 0.5) is 23.7 Å². The maximum absolute atomic E-state index is 13.5. The molecule has 3 aliphatic rings. The number of hydrogen-bond acceptors (Lipinski definition) is 5. The quantitative estimate of drug-likeness (QED) is 0.631. The Morgan fingerprint density at radius 2 is 1.68 bits per heavy atom.